The summed E-state index contributed by atoms with van der Waals surface area (Å²) in [6.07, 6.45) is -7.19. The number of methoxy groups -OCH3 is 1. The molecule has 0 spiro atoms. The first-order valence-corrected chi connectivity index (χ1v) is 5.57. The molecule has 1 aromatic carbocycles. The molecule has 1 atom stereocenters. The Kier molecular flexibility index (Phi) is 5.44. The van der Waals surface area contributed by atoms with Crippen LogP contribution in [0.15, 0.2) is 18.2 Å². The van der Waals surface area contributed by atoms with Crippen molar-refractivity contribution < 1.29 is 27.8 Å². The molecule has 0 saturated carbocycles. The van der Waals surface area contributed by atoms with Crippen LogP contribution in [0.5, 0.6) is 11.5 Å². The summed E-state index contributed by atoms with van der Waals surface area (Å²) in [7, 11) is 3.19. The Morgan fingerprint density at radius 1 is 1.37 bits per heavy atom. The average Bonchev–Trinajstić information content (AvgIpc) is 2.36. The molecule has 0 radical (unpaired) electrons. The standard InChI is InChI=1S/C12H16F3NO3/c1-16-6-8-5-9(18-2)3-4-10(8)19-7-11(17)12(13,14)15/h3-5,11,16-17H,6-7H2,1-2H3. The van der Waals surface area contributed by atoms with Crippen LogP contribution in [0.2, 0.25) is 0 Å². The Morgan fingerprint density at radius 2 is 2.05 bits per heavy atom. The van der Waals surface area contributed by atoms with E-state index in [1.807, 2.05) is 0 Å². The number of hydrogen-bond donors (Lipinski definition) is 2. The zero-order chi connectivity index (χ0) is 14.5. The number of aliphatic hydroxyl groups is 1. The van der Waals surface area contributed by atoms with Crippen LogP contribution in [0.3, 0.4) is 0 Å². The molecule has 1 aromatic rings. The van der Waals surface area contributed by atoms with Crippen LogP contribution >= 0.6 is 0 Å². The third-order valence-electron chi connectivity index (χ3n) is 2.41. The molecule has 19 heavy (non-hydrogen) atoms. The van der Waals surface area contributed by atoms with Crippen molar-refractivity contribution in [2.45, 2.75) is 18.8 Å². The van der Waals surface area contributed by atoms with Gasteiger partial charge in [-0.1, -0.05) is 0 Å². The first-order valence-electron chi connectivity index (χ1n) is 5.57. The van der Waals surface area contributed by atoms with Gasteiger partial charge in [-0.2, -0.15) is 13.2 Å². The lowest BCUT2D eigenvalue weighted by molar-refractivity contribution is -0.210. The van der Waals surface area contributed by atoms with E-state index in [1.54, 1.807) is 19.2 Å². The fourth-order valence-corrected chi connectivity index (χ4v) is 1.42. The lowest BCUT2D eigenvalue weighted by Gasteiger charge is -2.17. The molecule has 1 unspecified atom stereocenters. The highest BCUT2D eigenvalue weighted by molar-refractivity contribution is 5.40. The largest absolute Gasteiger partial charge is 0.497 e. The zero-order valence-corrected chi connectivity index (χ0v) is 10.6. The van der Waals surface area contributed by atoms with Gasteiger partial charge in [-0.3, -0.25) is 0 Å². The fourth-order valence-electron chi connectivity index (χ4n) is 1.42. The molecule has 0 amide bonds. The van der Waals surface area contributed by atoms with E-state index in [1.165, 1.54) is 13.2 Å². The van der Waals surface area contributed by atoms with Crippen LogP contribution in [-0.2, 0) is 6.54 Å². The predicted octanol–water partition coefficient (Wildman–Crippen LogP) is 1.72. The van der Waals surface area contributed by atoms with Crippen molar-refractivity contribution >= 4 is 0 Å². The Balaban J connectivity index is 2.77. The van der Waals surface area contributed by atoms with Gasteiger partial charge in [0.2, 0.25) is 0 Å². The summed E-state index contributed by atoms with van der Waals surface area (Å²) in [6, 6.07) is 4.74. The third-order valence-corrected chi connectivity index (χ3v) is 2.41. The van der Waals surface area contributed by atoms with Gasteiger partial charge in [0.25, 0.3) is 0 Å². The van der Waals surface area contributed by atoms with E-state index < -0.39 is 18.9 Å². The molecule has 0 aliphatic rings. The molecule has 108 valence electrons. The second-order valence-electron chi connectivity index (χ2n) is 3.87. The summed E-state index contributed by atoms with van der Waals surface area (Å²) in [5, 5.41) is 11.8. The SMILES string of the molecule is CNCc1cc(OC)ccc1OCC(O)C(F)(F)F. The second-order valence-corrected chi connectivity index (χ2v) is 3.87. The maximum absolute atomic E-state index is 12.2. The fraction of sp³-hybridized carbons (Fsp3) is 0.500. The van der Waals surface area contributed by atoms with E-state index in [4.69, 9.17) is 14.6 Å². The minimum absolute atomic E-state index is 0.276. The van der Waals surface area contributed by atoms with Gasteiger partial charge in [0, 0.05) is 12.1 Å². The van der Waals surface area contributed by atoms with Crippen LogP contribution in [0.25, 0.3) is 0 Å². The number of halogens is 3. The Labute approximate surface area is 109 Å². The van der Waals surface area contributed by atoms with E-state index in [0.717, 1.165) is 0 Å². The van der Waals surface area contributed by atoms with Gasteiger partial charge in [-0.05, 0) is 25.2 Å². The summed E-state index contributed by atoms with van der Waals surface area (Å²) in [5.41, 5.74) is 0.649. The smallest absolute Gasteiger partial charge is 0.417 e. The Hall–Kier alpha value is -1.47. The van der Waals surface area contributed by atoms with Gasteiger partial charge in [-0.15, -0.1) is 0 Å². The first-order chi connectivity index (χ1) is 8.88. The monoisotopic (exact) mass is 279 g/mol. The Morgan fingerprint density at radius 3 is 2.58 bits per heavy atom. The number of ether oxygens (including phenoxy) is 2. The Bertz CT molecular complexity index is 410. The van der Waals surface area contributed by atoms with E-state index >= 15 is 0 Å². The van der Waals surface area contributed by atoms with Crippen molar-refractivity contribution in [2.24, 2.45) is 0 Å². The van der Waals surface area contributed by atoms with Gasteiger partial charge < -0.3 is 19.9 Å². The van der Waals surface area contributed by atoms with Gasteiger partial charge in [0.05, 0.1) is 7.11 Å². The molecule has 0 aliphatic heterocycles. The summed E-state index contributed by atoms with van der Waals surface area (Å²) in [6.45, 7) is -0.429. The number of alkyl halides is 3. The van der Waals surface area contributed by atoms with Crippen LogP contribution in [-0.4, -0.2) is 38.2 Å². The molecule has 0 bridgehead atoms. The van der Waals surface area contributed by atoms with Crippen molar-refractivity contribution in [2.75, 3.05) is 20.8 Å². The topological polar surface area (TPSA) is 50.7 Å². The van der Waals surface area contributed by atoms with Gasteiger partial charge in [-0.25, -0.2) is 0 Å². The number of aliphatic hydroxyl groups excluding tert-OH is 1. The first kappa shape index (κ1) is 15.6. The molecule has 0 saturated heterocycles. The number of hydrogen-bond acceptors (Lipinski definition) is 4. The van der Waals surface area contributed by atoms with Crippen LogP contribution < -0.4 is 14.8 Å². The summed E-state index contributed by atoms with van der Waals surface area (Å²) < 4.78 is 46.5. The molecule has 0 fully saturated rings. The molecule has 0 heterocycles. The molecule has 0 aromatic heterocycles. The van der Waals surface area contributed by atoms with Crippen molar-refractivity contribution in [1.82, 2.24) is 5.32 Å². The number of rotatable bonds is 6. The minimum atomic E-state index is -4.68. The summed E-state index contributed by atoms with van der Waals surface area (Å²) in [5.74, 6) is 0.854. The minimum Gasteiger partial charge on any atom is -0.497 e. The van der Waals surface area contributed by atoms with Crippen LogP contribution in [0.1, 0.15) is 5.56 Å². The van der Waals surface area contributed by atoms with Crippen LogP contribution in [0, 0.1) is 0 Å². The normalized spacial score (nSPS) is 13.2. The molecule has 2 N–H and O–H groups in total. The molecule has 1 rings (SSSR count). The van der Waals surface area contributed by atoms with Crippen LogP contribution in [0.4, 0.5) is 13.2 Å². The molecule has 0 aliphatic carbocycles. The number of nitrogens with one attached hydrogen (secondary N) is 1. The van der Waals surface area contributed by atoms with Crippen molar-refractivity contribution in [3.63, 3.8) is 0 Å². The number of benzene rings is 1. The highest BCUT2D eigenvalue weighted by Gasteiger charge is 2.38. The molecule has 4 nitrogen and oxygen atoms in total. The third kappa shape index (κ3) is 4.60. The molecule has 7 heteroatoms. The average molecular weight is 279 g/mol. The summed E-state index contributed by atoms with van der Waals surface area (Å²) in [4.78, 5) is 0. The highest BCUT2D eigenvalue weighted by atomic mass is 19.4. The van der Waals surface area contributed by atoms with E-state index in [-0.39, 0.29) is 5.75 Å². The van der Waals surface area contributed by atoms with Gasteiger partial charge in [0.15, 0.2) is 6.10 Å². The lowest BCUT2D eigenvalue weighted by Crippen LogP contribution is -2.34. The lowest BCUT2D eigenvalue weighted by atomic mass is 10.2. The quantitative estimate of drug-likeness (QED) is 0.832. The summed E-state index contributed by atoms with van der Waals surface area (Å²) >= 11 is 0. The maximum atomic E-state index is 12.2. The van der Waals surface area contributed by atoms with Gasteiger partial charge >= 0.3 is 6.18 Å². The van der Waals surface area contributed by atoms with E-state index in [2.05, 4.69) is 5.32 Å². The predicted molar refractivity (Wildman–Crippen MR) is 63.3 cm³/mol. The van der Waals surface area contributed by atoms with Crippen molar-refractivity contribution in [3.05, 3.63) is 23.8 Å². The highest BCUT2D eigenvalue weighted by Crippen LogP contribution is 2.26. The van der Waals surface area contributed by atoms with Crippen molar-refractivity contribution in [3.8, 4) is 11.5 Å². The zero-order valence-electron chi connectivity index (χ0n) is 10.6. The molecular weight excluding hydrogens is 263 g/mol. The van der Waals surface area contributed by atoms with E-state index in [0.29, 0.717) is 17.9 Å². The van der Waals surface area contributed by atoms with Crippen molar-refractivity contribution in [1.29, 1.82) is 0 Å². The van der Waals surface area contributed by atoms with Gasteiger partial charge in [0.1, 0.15) is 18.1 Å². The second kappa shape index (κ2) is 6.63. The molecular formula is C12H16F3NO3. The van der Waals surface area contributed by atoms with E-state index in [9.17, 15) is 13.2 Å². The maximum Gasteiger partial charge on any atom is 0.417 e.